The Morgan fingerprint density at radius 3 is 1.50 bits per heavy atom. The van der Waals surface area contributed by atoms with Gasteiger partial charge in [0.25, 0.3) is 0 Å². The Kier molecular flexibility index (Phi) is 32.2. The second-order valence-corrected chi connectivity index (χ2v) is 1.41. The zero-order chi connectivity index (χ0) is 6.28. The Labute approximate surface area is 95.2 Å². The summed E-state index contributed by atoms with van der Waals surface area (Å²) in [5, 5.41) is 15.6. The van der Waals surface area contributed by atoms with Gasteiger partial charge in [0.15, 0.2) is 0 Å². The Hall–Kier alpha value is 1.56. The maximum Gasteiger partial charge on any atom is 1.00 e. The first-order chi connectivity index (χ1) is 3.15. The number of hydrogen-bond donors (Lipinski definition) is 2. The summed E-state index contributed by atoms with van der Waals surface area (Å²) in [4.78, 5) is 0. The van der Waals surface area contributed by atoms with E-state index in [0.29, 0.717) is 0 Å². The summed E-state index contributed by atoms with van der Waals surface area (Å²) in [6.07, 6.45) is -0.167. The Morgan fingerprint density at radius 1 is 1.50 bits per heavy atom. The first kappa shape index (κ1) is 16.3. The maximum absolute atomic E-state index is 8.06. The summed E-state index contributed by atoms with van der Waals surface area (Å²) in [5.74, 6) is 0. The maximum atomic E-state index is 8.06. The van der Waals surface area contributed by atoms with Crippen molar-refractivity contribution in [3.8, 4) is 0 Å². The van der Waals surface area contributed by atoms with Gasteiger partial charge in [-0.3, -0.25) is 0 Å². The summed E-state index contributed by atoms with van der Waals surface area (Å²) in [5.41, 5.74) is 0. The van der Waals surface area contributed by atoms with Crippen LogP contribution in [0.4, 0.5) is 0 Å². The smallest absolute Gasteiger partial charge is 1.00 e. The molecule has 0 unspecified atom stereocenters. The zero-order valence-corrected chi connectivity index (χ0v) is 9.30. The average Bonchev–Trinajstić information content (AvgIpc) is 1.33. The van der Waals surface area contributed by atoms with Crippen LogP contribution in [0.2, 0.25) is 0 Å². The SMILES string of the molecule is CC(C)O.CCO.[H-].[K+]. The van der Waals surface area contributed by atoms with E-state index in [1.54, 1.807) is 20.8 Å². The second-order valence-electron chi connectivity index (χ2n) is 1.41. The van der Waals surface area contributed by atoms with Crippen LogP contribution >= 0.6 is 0 Å². The molecule has 0 fully saturated rings. The van der Waals surface area contributed by atoms with Gasteiger partial charge in [-0.25, -0.2) is 0 Å². The van der Waals surface area contributed by atoms with Crippen LogP contribution in [0, 0.1) is 0 Å². The van der Waals surface area contributed by atoms with Gasteiger partial charge in [-0.05, 0) is 20.8 Å². The predicted molar refractivity (Wildman–Crippen MR) is 31.2 cm³/mol. The molecule has 2 N–H and O–H groups in total. The summed E-state index contributed by atoms with van der Waals surface area (Å²) in [6, 6.07) is 0. The number of rotatable bonds is 0. The van der Waals surface area contributed by atoms with Crippen molar-refractivity contribution in [1.29, 1.82) is 0 Å². The van der Waals surface area contributed by atoms with Crippen LogP contribution in [0.25, 0.3) is 0 Å². The van der Waals surface area contributed by atoms with E-state index in [0.717, 1.165) is 0 Å². The monoisotopic (exact) mass is 146 g/mol. The van der Waals surface area contributed by atoms with E-state index in [4.69, 9.17) is 10.2 Å². The molecule has 0 radical (unpaired) electrons. The Bertz CT molecular complexity index is 26.2. The van der Waals surface area contributed by atoms with Crippen LogP contribution in [0.1, 0.15) is 22.2 Å². The van der Waals surface area contributed by atoms with Crippen LogP contribution in [-0.2, 0) is 0 Å². The van der Waals surface area contributed by atoms with E-state index in [-0.39, 0.29) is 65.5 Å². The van der Waals surface area contributed by atoms with E-state index < -0.39 is 0 Å². The molecule has 0 aliphatic rings. The molecule has 8 heavy (non-hydrogen) atoms. The average molecular weight is 146 g/mol. The minimum Gasteiger partial charge on any atom is -1.00 e. The van der Waals surface area contributed by atoms with Gasteiger partial charge in [0.2, 0.25) is 0 Å². The van der Waals surface area contributed by atoms with Gasteiger partial charge in [0.1, 0.15) is 0 Å². The molecule has 0 aromatic heterocycles. The van der Waals surface area contributed by atoms with Crippen molar-refractivity contribution >= 4 is 0 Å². The molecule has 0 aromatic carbocycles. The molecule has 0 aliphatic heterocycles. The first-order valence-electron chi connectivity index (χ1n) is 2.44. The fraction of sp³-hybridized carbons (Fsp3) is 1.00. The molecule has 2 nitrogen and oxygen atoms in total. The molecule has 0 heterocycles. The molecule has 48 valence electrons. The molecule has 0 bridgehead atoms. The third kappa shape index (κ3) is 134. The van der Waals surface area contributed by atoms with Crippen molar-refractivity contribution in [1.82, 2.24) is 0 Å². The molecule has 0 aromatic rings. The van der Waals surface area contributed by atoms with Gasteiger partial charge in [0.05, 0.1) is 0 Å². The van der Waals surface area contributed by atoms with Gasteiger partial charge in [-0.1, -0.05) is 0 Å². The number of aliphatic hydroxyl groups is 2. The van der Waals surface area contributed by atoms with Crippen LogP contribution in [-0.4, -0.2) is 22.9 Å². The van der Waals surface area contributed by atoms with Gasteiger partial charge in [-0.15, -0.1) is 0 Å². The fourth-order valence-electron chi connectivity index (χ4n) is 0. The molecular formula is C5H15KO2. The fourth-order valence-corrected chi connectivity index (χ4v) is 0. The van der Waals surface area contributed by atoms with Crippen LogP contribution < -0.4 is 51.4 Å². The molecule has 0 saturated heterocycles. The second kappa shape index (κ2) is 15.8. The van der Waals surface area contributed by atoms with E-state index in [2.05, 4.69) is 0 Å². The minimum atomic E-state index is -0.167. The van der Waals surface area contributed by atoms with Crippen molar-refractivity contribution in [3.63, 3.8) is 0 Å². The molecular weight excluding hydrogens is 131 g/mol. The first-order valence-corrected chi connectivity index (χ1v) is 2.44. The molecule has 0 spiro atoms. The predicted octanol–water partition coefficient (Wildman–Crippen LogP) is -2.50. The Balaban J connectivity index is -0.0000000233. The van der Waals surface area contributed by atoms with E-state index in [1.165, 1.54) is 0 Å². The van der Waals surface area contributed by atoms with Gasteiger partial charge < -0.3 is 11.6 Å². The summed E-state index contributed by atoms with van der Waals surface area (Å²) < 4.78 is 0. The summed E-state index contributed by atoms with van der Waals surface area (Å²) in [6.45, 7) is 5.38. The molecule has 0 rings (SSSR count). The zero-order valence-electron chi connectivity index (χ0n) is 7.18. The topological polar surface area (TPSA) is 40.5 Å². The third-order valence-electron chi connectivity index (χ3n) is 0. The quantitative estimate of drug-likeness (QED) is 0.371. The van der Waals surface area contributed by atoms with Crippen molar-refractivity contribution in [3.05, 3.63) is 0 Å². The van der Waals surface area contributed by atoms with Gasteiger partial charge in [0, 0.05) is 12.7 Å². The van der Waals surface area contributed by atoms with Crippen molar-refractivity contribution in [2.75, 3.05) is 6.61 Å². The van der Waals surface area contributed by atoms with E-state index in [9.17, 15) is 0 Å². The third-order valence-corrected chi connectivity index (χ3v) is 0. The number of aliphatic hydroxyl groups excluding tert-OH is 2. The molecule has 0 saturated carbocycles. The van der Waals surface area contributed by atoms with Crippen LogP contribution in [0.5, 0.6) is 0 Å². The molecule has 3 heteroatoms. The largest absolute Gasteiger partial charge is 1.00 e. The standard InChI is InChI=1S/C3H8O.C2H6O.K.H/c1-3(2)4;1-2-3;;/h3-4H,1-2H3;3H,2H2,1H3;;/q;;+1;-1. The summed E-state index contributed by atoms with van der Waals surface area (Å²) in [7, 11) is 0. The Morgan fingerprint density at radius 2 is 1.50 bits per heavy atom. The molecule has 0 aliphatic carbocycles. The molecule has 0 atom stereocenters. The van der Waals surface area contributed by atoms with Crippen LogP contribution in [0.15, 0.2) is 0 Å². The van der Waals surface area contributed by atoms with Crippen molar-refractivity contribution < 1.29 is 63.0 Å². The number of hydrogen-bond acceptors (Lipinski definition) is 2. The molecule has 0 amide bonds. The van der Waals surface area contributed by atoms with Crippen LogP contribution in [0.3, 0.4) is 0 Å². The summed E-state index contributed by atoms with van der Waals surface area (Å²) >= 11 is 0. The van der Waals surface area contributed by atoms with Crippen molar-refractivity contribution in [2.45, 2.75) is 26.9 Å². The van der Waals surface area contributed by atoms with E-state index >= 15 is 0 Å². The normalized spacial score (nSPS) is 6.75. The van der Waals surface area contributed by atoms with E-state index in [1.807, 2.05) is 0 Å². The van der Waals surface area contributed by atoms with Gasteiger partial charge in [-0.2, -0.15) is 0 Å². The van der Waals surface area contributed by atoms with Crippen molar-refractivity contribution in [2.24, 2.45) is 0 Å². The minimum absolute atomic E-state index is 0. The van der Waals surface area contributed by atoms with Gasteiger partial charge >= 0.3 is 51.4 Å².